The van der Waals surface area contributed by atoms with E-state index in [2.05, 4.69) is 46.0 Å². The summed E-state index contributed by atoms with van der Waals surface area (Å²) in [6, 6.07) is 6.59. The minimum absolute atomic E-state index is 1.04. The maximum Gasteiger partial charge on any atom is 0.0237 e. The second-order valence-corrected chi connectivity index (χ2v) is 5.94. The summed E-state index contributed by atoms with van der Waals surface area (Å²) in [5.74, 6) is 2.08. The summed E-state index contributed by atoms with van der Waals surface area (Å²) in [5, 5.41) is 0. The number of fused-ring (bicyclic) bond motifs is 1. The number of halogens is 1. The van der Waals surface area contributed by atoms with Gasteiger partial charge in [0.25, 0.3) is 0 Å². The first-order valence-electron chi connectivity index (χ1n) is 5.70. The zero-order chi connectivity index (χ0) is 10.4. The minimum Gasteiger partial charge on any atom is -0.299 e. The SMILES string of the molecule is Cc1ccc(Br)cc1CN1CC2CC2C1. The average Bonchev–Trinajstić information content (AvgIpc) is 2.81. The zero-order valence-electron chi connectivity index (χ0n) is 9.04. The Labute approximate surface area is 99.6 Å². The van der Waals surface area contributed by atoms with Crippen LogP contribution in [0.5, 0.6) is 0 Å². The van der Waals surface area contributed by atoms with Gasteiger partial charge in [-0.3, -0.25) is 4.90 Å². The summed E-state index contributed by atoms with van der Waals surface area (Å²) < 4.78 is 1.20. The average molecular weight is 266 g/mol. The number of benzene rings is 1. The normalized spacial score (nSPS) is 29.2. The molecule has 1 aliphatic carbocycles. The van der Waals surface area contributed by atoms with E-state index in [-0.39, 0.29) is 0 Å². The Morgan fingerprint density at radius 2 is 2.07 bits per heavy atom. The molecule has 2 aliphatic rings. The highest BCUT2D eigenvalue weighted by Crippen LogP contribution is 2.45. The minimum atomic E-state index is 1.04. The van der Waals surface area contributed by atoms with E-state index in [1.54, 1.807) is 0 Å². The lowest BCUT2D eigenvalue weighted by molar-refractivity contribution is 0.296. The molecule has 1 aliphatic heterocycles. The maximum atomic E-state index is 3.55. The van der Waals surface area contributed by atoms with E-state index in [1.165, 1.54) is 35.1 Å². The molecular formula is C13H16BrN. The van der Waals surface area contributed by atoms with E-state index >= 15 is 0 Å². The van der Waals surface area contributed by atoms with E-state index in [0.29, 0.717) is 0 Å². The first-order chi connectivity index (χ1) is 7.22. The van der Waals surface area contributed by atoms with Gasteiger partial charge in [-0.15, -0.1) is 0 Å². The molecule has 2 atom stereocenters. The predicted molar refractivity (Wildman–Crippen MR) is 65.8 cm³/mol. The van der Waals surface area contributed by atoms with Crippen molar-refractivity contribution < 1.29 is 0 Å². The highest BCUT2D eigenvalue weighted by Gasteiger charge is 2.44. The highest BCUT2D eigenvalue weighted by atomic mass is 79.9. The van der Waals surface area contributed by atoms with Crippen molar-refractivity contribution in [3.63, 3.8) is 0 Å². The standard InChI is InChI=1S/C13H16BrN/c1-9-2-3-13(14)5-10(9)6-15-7-11-4-12(11)8-15/h2-3,5,11-12H,4,6-8H2,1H3. The van der Waals surface area contributed by atoms with E-state index in [1.807, 2.05) is 0 Å². The molecule has 80 valence electrons. The first-order valence-corrected chi connectivity index (χ1v) is 6.49. The lowest BCUT2D eigenvalue weighted by atomic mass is 10.1. The molecule has 0 aromatic heterocycles. The van der Waals surface area contributed by atoms with Gasteiger partial charge in [0.1, 0.15) is 0 Å². The molecule has 2 fully saturated rings. The van der Waals surface area contributed by atoms with Crippen molar-refractivity contribution in [1.29, 1.82) is 0 Å². The van der Waals surface area contributed by atoms with E-state index in [0.717, 1.165) is 18.4 Å². The largest absolute Gasteiger partial charge is 0.299 e. The third-order valence-corrected chi connectivity index (χ3v) is 4.25. The smallest absolute Gasteiger partial charge is 0.0237 e. The fraction of sp³-hybridized carbons (Fsp3) is 0.538. The molecule has 0 spiro atoms. The van der Waals surface area contributed by atoms with Crippen LogP contribution >= 0.6 is 15.9 Å². The monoisotopic (exact) mass is 265 g/mol. The third-order valence-electron chi connectivity index (χ3n) is 3.76. The summed E-state index contributed by atoms with van der Waals surface area (Å²) in [7, 11) is 0. The molecule has 3 rings (SSSR count). The van der Waals surface area contributed by atoms with Crippen molar-refractivity contribution in [3.8, 4) is 0 Å². The fourth-order valence-electron chi connectivity index (χ4n) is 2.68. The van der Waals surface area contributed by atoms with Gasteiger partial charge in [-0.25, -0.2) is 0 Å². The number of nitrogens with zero attached hydrogens (tertiary/aromatic N) is 1. The first kappa shape index (κ1) is 9.86. The Morgan fingerprint density at radius 3 is 2.80 bits per heavy atom. The van der Waals surface area contributed by atoms with Crippen LogP contribution in [0.1, 0.15) is 17.5 Å². The Kier molecular flexibility index (Phi) is 2.37. The highest BCUT2D eigenvalue weighted by molar-refractivity contribution is 9.10. The number of hydrogen-bond acceptors (Lipinski definition) is 1. The second-order valence-electron chi connectivity index (χ2n) is 5.02. The molecule has 1 saturated carbocycles. The van der Waals surface area contributed by atoms with E-state index in [9.17, 15) is 0 Å². The van der Waals surface area contributed by atoms with Crippen molar-refractivity contribution in [2.24, 2.45) is 11.8 Å². The second kappa shape index (κ2) is 3.60. The molecule has 0 amide bonds. The number of aryl methyl sites for hydroxylation is 1. The summed E-state index contributed by atoms with van der Waals surface area (Å²) in [5.41, 5.74) is 2.89. The fourth-order valence-corrected chi connectivity index (χ4v) is 3.08. The van der Waals surface area contributed by atoms with Gasteiger partial charge < -0.3 is 0 Å². The predicted octanol–water partition coefficient (Wildman–Crippen LogP) is 3.21. The van der Waals surface area contributed by atoms with Crippen LogP contribution in [-0.4, -0.2) is 18.0 Å². The molecule has 1 aromatic carbocycles. The number of rotatable bonds is 2. The maximum absolute atomic E-state index is 3.55. The zero-order valence-corrected chi connectivity index (χ0v) is 10.6. The molecule has 1 nitrogen and oxygen atoms in total. The van der Waals surface area contributed by atoms with Crippen LogP contribution in [-0.2, 0) is 6.54 Å². The Morgan fingerprint density at radius 1 is 1.33 bits per heavy atom. The van der Waals surface area contributed by atoms with Crippen molar-refractivity contribution in [2.75, 3.05) is 13.1 Å². The topological polar surface area (TPSA) is 3.24 Å². The van der Waals surface area contributed by atoms with Crippen LogP contribution < -0.4 is 0 Å². The van der Waals surface area contributed by atoms with Crippen molar-refractivity contribution in [2.45, 2.75) is 19.9 Å². The molecule has 15 heavy (non-hydrogen) atoms. The Hall–Kier alpha value is -0.340. The van der Waals surface area contributed by atoms with Gasteiger partial charge in [-0.05, 0) is 48.4 Å². The van der Waals surface area contributed by atoms with Crippen LogP contribution in [0, 0.1) is 18.8 Å². The molecule has 2 unspecified atom stereocenters. The lowest BCUT2D eigenvalue weighted by Gasteiger charge is -2.18. The van der Waals surface area contributed by atoms with E-state index < -0.39 is 0 Å². The van der Waals surface area contributed by atoms with Crippen LogP contribution in [0.25, 0.3) is 0 Å². The van der Waals surface area contributed by atoms with Gasteiger partial charge in [0.05, 0.1) is 0 Å². The van der Waals surface area contributed by atoms with Crippen molar-refractivity contribution >= 4 is 15.9 Å². The Balaban J connectivity index is 1.73. The molecule has 2 heteroatoms. The van der Waals surface area contributed by atoms with Gasteiger partial charge in [0, 0.05) is 24.1 Å². The van der Waals surface area contributed by atoms with E-state index in [4.69, 9.17) is 0 Å². The summed E-state index contributed by atoms with van der Waals surface area (Å²) >= 11 is 3.55. The number of likely N-dealkylation sites (tertiary alicyclic amines) is 1. The lowest BCUT2D eigenvalue weighted by Crippen LogP contribution is -2.22. The summed E-state index contributed by atoms with van der Waals surface area (Å²) in [6.07, 6.45) is 1.49. The third kappa shape index (κ3) is 1.98. The van der Waals surface area contributed by atoms with Crippen LogP contribution in [0.15, 0.2) is 22.7 Å². The molecule has 0 bridgehead atoms. The molecule has 1 saturated heterocycles. The molecular weight excluding hydrogens is 250 g/mol. The van der Waals surface area contributed by atoms with Crippen molar-refractivity contribution in [3.05, 3.63) is 33.8 Å². The molecule has 0 radical (unpaired) electrons. The van der Waals surface area contributed by atoms with Crippen molar-refractivity contribution in [1.82, 2.24) is 4.90 Å². The Bertz CT molecular complexity index is 378. The van der Waals surface area contributed by atoms with Gasteiger partial charge in [-0.1, -0.05) is 22.0 Å². The molecule has 0 N–H and O–H groups in total. The van der Waals surface area contributed by atoms with Gasteiger partial charge >= 0.3 is 0 Å². The number of hydrogen-bond donors (Lipinski definition) is 0. The van der Waals surface area contributed by atoms with Gasteiger partial charge in [0.2, 0.25) is 0 Å². The summed E-state index contributed by atoms with van der Waals surface area (Å²) in [4.78, 5) is 2.60. The van der Waals surface area contributed by atoms with Crippen LogP contribution in [0.2, 0.25) is 0 Å². The summed E-state index contributed by atoms with van der Waals surface area (Å²) in [6.45, 7) is 6.00. The molecule has 1 heterocycles. The van der Waals surface area contributed by atoms with Crippen LogP contribution in [0.4, 0.5) is 0 Å². The quantitative estimate of drug-likeness (QED) is 0.794. The number of piperidine rings is 1. The molecule has 1 aromatic rings. The van der Waals surface area contributed by atoms with Crippen LogP contribution in [0.3, 0.4) is 0 Å². The van der Waals surface area contributed by atoms with Gasteiger partial charge in [0.15, 0.2) is 0 Å². The van der Waals surface area contributed by atoms with Gasteiger partial charge in [-0.2, -0.15) is 0 Å².